The van der Waals surface area contributed by atoms with Crippen molar-refractivity contribution in [3.05, 3.63) is 52.4 Å². The Hall–Kier alpha value is -1.74. The fourth-order valence-corrected chi connectivity index (χ4v) is 2.03. The van der Waals surface area contributed by atoms with Crippen LogP contribution < -0.4 is 5.32 Å². The normalized spacial score (nSPS) is 10.3. The van der Waals surface area contributed by atoms with Crippen molar-refractivity contribution in [2.75, 3.05) is 5.32 Å². The zero-order valence-corrected chi connectivity index (χ0v) is 10.3. The second kappa shape index (κ2) is 4.63. The van der Waals surface area contributed by atoms with E-state index in [-0.39, 0.29) is 11.7 Å². The van der Waals surface area contributed by atoms with Crippen molar-refractivity contribution in [3.8, 4) is 0 Å². The van der Waals surface area contributed by atoms with Crippen LogP contribution in [0.15, 0.2) is 34.9 Å². The minimum absolute atomic E-state index is 0.265. The molecule has 0 spiro atoms. The molecule has 88 valence electrons. The van der Waals surface area contributed by atoms with E-state index in [1.54, 1.807) is 12.1 Å². The number of anilines is 1. The number of halogens is 1. The van der Waals surface area contributed by atoms with Gasteiger partial charge in [-0.3, -0.25) is 4.79 Å². The third-order valence-electron chi connectivity index (χ3n) is 2.42. The predicted molar refractivity (Wildman–Crippen MR) is 67.6 cm³/mol. The van der Waals surface area contributed by atoms with Crippen LogP contribution in [0.5, 0.6) is 0 Å². The van der Waals surface area contributed by atoms with Gasteiger partial charge >= 0.3 is 0 Å². The van der Waals surface area contributed by atoms with Gasteiger partial charge in [0.15, 0.2) is 5.76 Å². The molecule has 2 aromatic rings. The Morgan fingerprint density at radius 2 is 2.12 bits per heavy atom. The van der Waals surface area contributed by atoms with Crippen molar-refractivity contribution < 1.29 is 9.21 Å². The number of furan rings is 1. The quantitative estimate of drug-likeness (QED) is 0.880. The maximum Gasteiger partial charge on any atom is 0.291 e. The first-order valence-corrected chi connectivity index (χ1v) is 5.57. The summed E-state index contributed by atoms with van der Waals surface area (Å²) in [6, 6.07) is 7.04. The Balaban J connectivity index is 2.28. The lowest BCUT2D eigenvalue weighted by Gasteiger charge is -2.10. The molecular weight excluding hydrogens is 238 g/mol. The van der Waals surface area contributed by atoms with E-state index >= 15 is 0 Å². The minimum atomic E-state index is -0.302. The van der Waals surface area contributed by atoms with E-state index in [4.69, 9.17) is 16.0 Å². The van der Waals surface area contributed by atoms with Gasteiger partial charge in [-0.05, 0) is 43.2 Å². The lowest BCUT2D eigenvalue weighted by atomic mass is 10.1. The summed E-state index contributed by atoms with van der Waals surface area (Å²) in [4.78, 5) is 11.8. The Bertz CT molecular complexity index is 524. The fourth-order valence-electron chi connectivity index (χ4n) is 1.66. The topological polar surface area (TPSA) is 42.2 Å². The standard InChI is InChI=1S/C13H12ClNO2/c1-8-6-9(2)12(10(14)7-8)15-13(16)11-4-3-5-17-11/h3-7H,1-2H3,(H,15,16). The molecule has 2 rings (SSSR count). The van der Waals surface area contributed by atoms with Crippen molar-refractivity contribution in [3.63, 3.8) is 0 Å². The molecule has 1 aromatic carbocycles. The molecule has 3 nitrogen and oxygen atoms in total. The molecule has 0 bridgehead atoms. The van der Waals surface area contributed by atoms with Gasteiger partial charge in [-0.15, -0.1) is 0 Å². The van der Waals surface area contributed by atoms with Crippen LogP contribution in [0, 0.1) is 13.8 Å². The van der Waals surface area contributed by atoms with Crippen LogP contribution in [0.2, 0.25) is 5.02 Å². The van der Waals surface area contributed by atoms with E-state index in [0.29, 0.717) is 10.7 Å². The number of rotatable bonds is 2. The van der Waals surface area contributed by atoms with Gasteiger partial charge in [0, 0.05) is 0 Å². The predicted octanol–water partition coefficient (Wildman–Crippen LogP) is 3.80. The summed E-state index contributed by atoms with van der Waals surface area (Å²) >= 11 is 6.09. The SMILES string of the molecule is Cc1cc(C)c(NC(=O)c2ccco2)c(Cl)c1. The second-order valence-electron chi connectivity index (χ2n) is 3.87. The summed E-state index contributed by atoms with van der Waals surface area (Å²) in [6.45, 7) is 3.85. The lowest BCUT2D eigenvalue weighted by Crippen LogP contribution is -2.12. The number of carbonyl (C=O) groups is 1. The van der Waals surface area contributed by atoms with Gasteiger partial charge in [0.2, 0.25) is 0 Å². The highest BCUT2D eigenvalue weighted by Crippen LogP contribution is 2.27. The summed E-state index contributed by atoms with van der Waals surface area (Å²) in [5, 5.41) is 3.27. The van der Waals surface area contributed by atoms with Gasteiger partial charge in [-0.2, -0.15) is 0 Å². The van der Waals surface area contributed by atoms with Gasteiger partial charge in [0.1, 0.15) is 0 Å². The molecule has 0 fully saturated rings. The molecular formula is C13H12ClNO2. The van der Waals surface area contributed by atoms with Crippen molar-refractivity contribution in [2.45, 2.75) is 13.8 Å². The molecule has 17 heavy (non-hydrogen) atoms. The molecule has 4 heteroatoms. The Morgan fingerprint density at radius 3 is 2.71 bits per heavy atom. The van der Waals surface area contributed by atoms with E-state index in [9.17, 15) is 4.79 Å². The third-order valence-corrected chi connectivity index (χ3v) is 2.71. The number of hydrogen-bond donors (Lipinski definition) is 1. The molecule has 0 saturated carbocycles. The Labute approximate surface area is 104 Å². The molecule has 1 aromatic heterocycles. The van der Waals surface area contributed by atoms with E-state index in [0.717, 1.165) is 11.1 Å². The first-order valence-electron chi connectivity index (χ1n) is 5.19. The smallest absolute Gasteiger partial charge is 0.291 e. The van der Waals surface area contributed by atoms with Gasteiger partial charge in [-0.25, -0.2) is 0 Å². The summed E-state index contributed by atoms with van der Waals surface area (Å²) in [5.41, 5.74) is 2.61. The molecule has 1 heterocycles. The first kappa shape index (κ1) is 11.7. The molecule has 0 radical (unpaired) electrons. The zero-order chi connectivity index (χ0) is 12.4. The maximum atomic E-state index is 11.8. The van der Waals surface area contributed by atoms with Gasteiger partial charge < -0.3 is 9.73 Å². The average molecular weight is 250 g/mol. The molecule has 1 N–H and O–H groups in total. The van der Waals surface area contributed by atoms with Crippen LogP contribution >= 0.6 is 11.6 Å². The van der Waals surface area contributed by atoms with Crippen LogP contribution in [0.25, 0.3) is 0 Å². The molecule has 1 amide bonds. The number of aryl methyl sites for hydroxylation is 2. The summed E-state index contributed by atoms with van der Waals surface area (Å²) in [7, 11) is 0. The Kier molecular flexibility index (Phi) is 3.20. The highest BCUT2D eigenvalue weighted by molar-refractivity contribution is 6.34. The zero-order valence-electron chi connectivity index (χ0n) is 9.58. The van der Waals surface area contributed by atoms with Crippen molar-refractivity contribution in [1.82, 2.24) is 0 Å². The van der Waals surface area contributed by atoms with Crippen LogP contribution in [0.3, 0.4) is 0 Å². The third kappa shape index (κ3) is 2.50. The molecule has 0 aliphatic carbocycles. The summed E-state index contributed by atoms with van der Waals surface area (Å²) in [5.74, 6) is -0.0371. The minimum Gasteiger partial charge on any atom is -0.459 e. The number of nitrogens with one attached hydrogen (secondary N) is 1. The Morgan fingerprint density at radius 1 is 1.35 bits per heavy atom. The number of amides is 1. The second-order valence-corrected chi connectivity index (χ2v) is 4.28. The van der Waals surface area contributed by atoms with Gasteiger partial charge in [0.05, 0.1) is 17.0 Å². The summed E-state index contributed by atoms with van der Waals surface area (Å²) < 4.78 is 5.02. The van der Waals surface area contributed by atoms with Gasteiger partial charge in [-0.1, -0.05) is 17.7 Å². The van der Waals surface area contributed by atoms with Crippen molar-refractivity contribution in [2.24, 2.45) is 0 Å². The molecule has 0 aliphatic heterocycles. The van der Waals surface area contributed by atoms with E-state index in [1.807, 2.05) is 26.0 Å². The van der Waals surface area contributed by atoms with Crippen molar-refractivity contribution in [1.29, 1.82) is 0 Å². The maximum absolute atomic E-state index is 11.8. The average Bonchev–Trinajstić information content (AvgIpc) is 2.76. The first-order chi connectivity index (χ1) is 8.08. The number of hydrogen-bond acceptors (Lipinski definition) is 2. The van der Waals surface area contributed by atoms with Crippen LogP contribution in [0.1, 0.15) is 21.7 Å². The molecule has 0 saturated heterocycles. The fraction of sp³-hybridized carbons (Fsp3) is 0.154. The van der Waals surface area contributed by atoms with Crippen LogP contribution in [0.4, 0.5) is 5.69 Å². The largest absolute Gasteiger partial charge is 0.459 e. The van der Waals surface area contributed by atoms with Crippen molar-refractivity contribution >= 4 is 23.2 Å². The monoisotopic (exact) mass is 249 g/mol. The van der Waals surface area contributed by atoms with E-state index in [1.165, 1.54) is 6.26 Å². The lowest BCUT2D eigenvalue weighted by molar-refractivity contribution is 0.0996. The van der Waals surface area contributed by atoms with E-state index in [2.05, 4.69) is 5.32 Å². The highest BCUT2D eigenvalue weighted by Gasteiger charge is 2.12. The highest BCUT2D eigenvalue weighted by atomic mass is 35.5. The number of benzene rings is 1. The van der Waals surface area contributed by atoms with Gasteiger partial charge in [0.25, 0.3) is 5.91 Å². The summed E-state index contributed by atoms with van der Waals surface area (Å²) in [6.07, 6.45) is 1.46. The van der Waals surface area contributed by atoms with Crippen LogP contribution in [-0.2, 0) is 0 Å². The molecule has 0 aliphatic rings. The molecule has 0 unspecified atom stereocenters. The van der Waals surface area contributed by atoms with E-state index < -0.39 is 0 Å². The van der Waals surface area contributed by atoms with Crippen LogP contribution in [-0.4, -0.2) is 5.91 Å². The molecule has 0 atom stereocenters. The number of carbonyl (C=O) groups excluding carboxylic acids is 1.